The Labute approximate surface area is 112 Å². The normalized spacial score (nSPS) is 30.1. The predicted octanol–water partition coefficient (Wildman–Crippen LogP) is -3.31. The first-order valence-electron chi connectivity index (χ1n) is 5.66. The Bertz CT molecular complexity index is 544. The molecule has 0 unspecified atom stereocenters. The van der Waals surface area contributed by atoms with E-state index < -0.39 is 36.4 Å². The standard InChI is InChI=1S/C10H14N4O6/c11-8(18)4-5(9(12)19)14(2-13-4)10-7(17)6(16)3(15)1-20-10/h2-3,6-7,10,15-17H,1H2,(H2,11,18)(H2,12,19)/t3-,6-,7+,10+/m0/s1. The molecule has 1 saturated heterocycles. The molecule has 0 spiro atoms. The van der Waals surface area contributed by atoms with Gasteiger partial charge in [0.2, 0.25) is 0 Å². The molecule has 2 heterocycles. The maximum atomic E-state index is 11.4. The molecule has 1 aliphatic heterocycles. The van der Waals surface area contributed by atoms with Gasteiger partial charge in [0.15, 0.2) is 11.9 Å². The van der Waals surface area contributed by atoms with Crippen LogP contribution >= 0.6 is 0 Å². The lowest BCUT2D eigenvalue weighted by atomic mass is 10.0. The Balaban J connectivity index is 2.43. The summed E-state index contributed by atoms with van der Waals surface area (Å²) in [7, 11) is 0. The Morgan fingerprint density at radius 1 is 1.25 bits per heavy atom. The number of carbonyl (C=O) groups excluding carboxylic acids is 2. The van der Waals surface area contributed by atoms with Gasteiger partial charge in [-0.3, -0.25) is 14.2 Å². The predicted molar refractivity (Wildman–Crippen MR) is 62.3 cm³/mol. The van der Waals surface area contributed by atoms with Crippen molar-refractivity contribution in [3.05, 3.63) is 17.7 Å². The van der Waals surface area contributed by atoms with E-state index in [0.29, 0.717) is 0 Å². The number of carbonyl (C=O) groups is 2. The highest BCUT2D eigenvalue weighted by Gasteiger charge is 2.40. The van der Waals surface area contributed by atoms with Crippen LogP contribution in [0.15, 0.2) is 6.33 Å². The molecule has 2 amide bonds. The molecular formula is C10H14N4O6. The molecule has 4 atom stereocenters. The van der Waals surface area contributed by atoms with E-state index in [1.165, 1.54) is 0 Å². The molecule has 10 nitrogen and oxygen atoms in total. The average molecular weight is 286 g/mol. The van der Waals surface area contributed by atoms with Gasteiger partial charge in [-0.25, -0.2) is 4.98 Å². The van der Waals surface area contributed by atoms with Crippen LogP contribution in [0.1, 0.15) is 27.2 Å². The first-order valence-corrected chi connectivity index (χ1v) is 5.66. The van der Waals surface area contributed by atoms with E-state index in [1.54, 1.807) is 0 Å². The van der Waals surface area contributed by atoms with Gasteiger partial charge >= 0.3 is 0 Å². The fourth-order valence-electron chi connectivity index (χ4n) is 2.01. The fraction of sp³-hybridized carbons (Fsp3) is 0.500. The van der Waals surface area contributed by atoms with Gasteiger partial charge in [0.1, 0.15) is 24.0 Å². The third-order valence-electron chi connectivity index (χ3n) is 3.01. The summed E-state index contributed by atoms with van der Waals surface area (Å²) < 4.78 is 6.15. The van der Waals surface area contributed by atoms with Crippen molar-refractivity contribution in [3.8, 4) is 0 Å². The lowest BCUT2D eigenvalue weighted by Gasteiger charge is -2.36. The number of rotatable bonds is 3. The number of ether oxygens (including phenoxy) is 1. The van der Waals surface area contributed by atoms with Crippen LogP contribution in [0.3, 0.4) is 0 Å². The summed E-state index contributed by atoms with van der Waals surface area (Å²) in [5, 5.41) is 28.8. The molecule has 2 rings (SSSR count). The molecule has 1 fully saturated rings. The van der Waals surface area contributed by atoms with E-state index in [9.17, 15) is 24.9 Å². The van der Waals surface area contributed by atoms with Gasteiger partial charge in [0.05, 0.1) is 12.9 Å². The Hall–Kier alpha value is -2.01. The van der Waals surface area contributed by atoms with Crippen molar-refractivity contribution in [2.24, 2.45) is 11.5 Å². The summed E-state index contributed by atoms with van der Waals surface area (Å²) in [5.41, 5.74) is 9.51. The fourth-order valence-corrected chi connectivity index (χ4v) is 2.01. The third-order valence-corrected chi connectivity index (χ3v) is 3.01. The van der Waals surface area contributed by atoms with Crippen LogP contribution in [0, 0.1) is 0 Å². The van der Waals surface area contributed by atoms with Crippen LogP contribution in [0.2, 0.25) is 0 Å². The second-order valence-corrected chi connectivity index (χ2v) is 4.35. The molecule has 1 aliphatic rings. The highest BCUT2D eigenvalue weighted by Crippen LogP contribution is 2.26. The first-order chi connectivity index (χ1) is 9.34. The molecular weight excluding hydrogens is 272 g/mol. The Kier molecular flexibility index (Phi) is 3.72. The van der Waals surface area contributed by atoms with E-state index in [0.717, 1.165) is 10.9 Å². The second-order valence-electron chi connectivity index (χ2n) is 4.35. The van der Waals surface area contributed by atoms with E-state index >= 15 is 0 Å². The zero-order chi connectivity index (χ0) is 15.0. The summed E-state index contributed by atoms with van der Waals surface area (Å²) in [6.07, 6.45) is -4.46. The second kappa shape index (κ2) is 5.17. The number of aliphatic hydroxyl groups excluding tert-OH is 3. The van der Waals surface area contributed by atoms with Gasteiger partial charge in [0.25, 0.3) is 11.8 Å². The summed E-state index contributed by atoms with van der Waals surface area (Å²) in [6.45, 7) is -0.273. The topological polar surface area (TPSA) is 174 Å². The molecule has 10 heteroatoms. The maximum Gasteiger partial charge on any atom is 0.269 e. The first kappa shape index (κ1) is 14.4. The number of aromatic nitrogens is 2. The van der Waals surface area contributed by atoms with Gasteiger partial charge in [-0.15, -0.1) is 0 Å². The lowest BCUT2D eigenvalue weighted by molar-refractivity contribution is -0.211. The van der Waals surface area contributed by atoms with E-state index in [1.807, 2.05) is 0 Å². The van der Waals surface area contributed by atoms with Crippen molar-refractivity contribution in [2.45, 2.75) is 24.5 Å². The number of aliphatic hydroxyl groups is 3. The van der Waals surface area contributed by atoms with Crippen molar-refractivity contribution in [3.63, 3.8) is 0 Å². The Morgan fingerprint density at radius 2 is 1.90 bits per heavy atom. The summed E-state index contributed by atoms with van der Waals surface area (Å²) in [4.78, 5) is 26.2. The van der Waals surface area contributed by atoms with E-state index in [2.05, 4.69) is 4.98 Å². The number of hydrogen-bond donors (Lipinski definition) is 5. The van der Waals surface area contributed by atoms with Crippen molar-refractivity contribution >= 4 is 11.8 Å². The van der Waals surface area contributed by atoms with Gasteiger partial charge in [0, 0.05) is 0 Å². The smallest absolute Gasteiger partial charge is 0.269 e. The number of imidazole rings is 1. The number of nitrogens with zero attached hydrogens (tertiary/aromatic N) is 2. The van der Waals surface area contributed by atoms with Crippen molar-refractivity contribution < 1.29 is 29.6 Å². The summed E-state index contributed by atoms with van der Waals surface area (Å²) in [6, 6.07) is 0. The van der Waals surface area contributed by atoms with E-state index in [-0.39, 0.29) is 18.0 Å². The van der Waals surface area contributed by atoms with Gasteiger partial charge in [-0.05, 0) is 0 Å². The van der Waals surface area contributed by atoms with Crippen LogP contribution in [-0.4, -0.2) is 61.6 Å². The monoisotopic (exact) mass is 286 g/mol. The SMILES string of the molecule is NC(=O)c1ncn([C@@H]2OC[C@H](O)[C@H](O)[C@H]2O)c1C(N)=O. The minimum absolute atomic E-state index is 0.273. The van der Waals surface area contributed by atoms with Gasteiger partial charge in [-0.2, -0.15) is 0 Å². The summed E-state index contributed by atoms with van der Waals surface area (Å²) in [5.74, 6) is -1.96. The van der Waals surface area contributed by atoms with Crippen molar-refractivity contribution in [2.75, 3.05) is 6.61 Å². The third kappa shape index (κ3) is 2.25. The van der Waals surface area contributed by atoms with Crippen LogP contribution in [0.25, 0.3) is 0 Å². The minimum atomic E-state index is -1.54. The van der Waals surface area contributed by atoms with Gasteiger partial charge < -0.3 is 31.5 Å². The molecule has 7 N–H and O–H groups in total. The largest absolute Gasteiger partial charge is 0.388 e. The number of primary amides is 2. The molecule has 20 heavy (non-hydrogen) atoms. The average Bonchev–Trinajstić information content (AvgIpc) is 2.81. The molecule has 1 aromatic rings. The quantitative estimate of drug-likeness (QED) is 0.386. The highest BCUT2D eigenvalue weighted by molar-refractivity contribution is 6.03. The molecule has 0 aliphatic carbocycles. The minimum Gasteiger partial charge on any atom is -0.388 e. The van der Waals surface area contributed by atoms with Gasteiger partial charge in [-0.1, -0.05) is 0 Å². The van der Waals surface area contributed by atoms with Crippen LogP contribution in [0.4, 0.5) is 0 Å². The number of hydrogen-bond acceptors (Lipinski definition) is 7. The lowest BCUT2D eigenvalue weighted by Crippen LogP contribution is -2.51. The maximum absolute atomic E-state index is 11.4. The van der Waals surface area contributed by atoms with Crippen molar-refractivity contribution in [1.29, 1.82) is 0 Å². The zero-order valence-corrected chi connectivity index (χ0v) is 10.2. The molecule has 0 radical (unpaired) electrons. The Morgan fingerprint density at radius 3 is 2.45 bits per heavy atom. The van der Waals surface area contributed by atoms with Crippen LogP contribution in [-0.2, 0) is 4.74 Å². The number of amides is 2. The molecule has 110 valence electrons. The van der Waals surface area contributed by atoms with E-state index in [4.69, 9.17) is 16.2 Å². The van der Waals surface area contributed by atoms with Crippen LogP contribution in [0.5, 0.6) is 0 Å². The molecule has 0 bridgehead atoms. The van der Waals surface area contributed by atoms with Crippen molar-refractivity contribution in [1.82, 2.24) is 9.55 Å². The molecule has 0 saturated carbocycles. The van der Waals surface area contributed by atoms with Crippen LogP contribution < -0.4 is 11.5 Å². The molecule has 1 aromatic heterocycles. The zero-order valence-electron chi connectivity index (χ0n) is 10.2. The molecule has 0 aromatic carbocycles. The summed E-state index contributed by atoms with van der Waals surface area (Å²) >= 11 is 0. The highest BCUT2D eigenvalue weighted by atomic mass is 16.5. The number of nitrogens with two attached hydrogens (primary N) is 2.